The number of piperidine rings is 1. The molecule has 0 saturated carbocycles. The smallest absolute Gasteiger partial charge is 0.161 e. The molecule has 5 nitrogen and oxygen atoms in total. The second kappa shape index (κ2) is 12.6. The maximum Gasteiger partial charge on any atom is 0.161 e. The van der Waals surface area contributed by atoms with Crippen LogP contribution in [0.1, 0.15) is 60.5 Å². The summed E-state index contributed by atoms with van der Waals surface area (Å²) in [6.07, 6.45) is 5.13. The van der Waals surface area contributed by atoms with Crippen molar-refractivity contribution in [1.82, 2.24) is 4.90 Å². The van der Waals surface area contributed by atoms with Gasteiger partial charge in [0.05, 0.1) is 19.8 Å². The van der Waals surface area contributed by atoms with E-state index in [-0.39, 0.29) is 11.8 Å². The van der Waals surface area contributed by atoms with Crippen LogP contribution in [0.5, 0.6) is 11.5 Å². The number of ketones is 1. The molecule has 0 radical (unpaired) electrons. The largest absolute Gasteiger partial charge is 0.493 e. The lowest BCUT2D eigenvalue weighted by Crippen LogP contribution is -2.52. The molecule has 1 unspecified atom stereocenters. The molecule has 3 aromatic carbocycles. The molecule has 1 atom stereocenters. The van der Waals surface area contributed by atoms with Crippen LogP contribution in [0.4, 0.5) is 0 Å². The predicted octanol–water partition coefficient (Wildman–Crippen LogP) is 6.42. The van der Waals surface area contributed by atoms with Gasteiger partial charge in [-0.25, -0.2) is 0 Å². The highest BCUT2D eigenvalue weighted by molar-refractivity contribution is 5.94. The van der Waals surface area contributed by atoms with E-state index in [1.807, 2.05) is 36.4 Å². The van der Waals surface area contributed by atoms with E-state index in [0.29, 0.717) is 23.7 Å². The maximum absolute atomic E-state index is 11.7. The molecule has 1 heterocycles. The van der Waals surface area contributed by atoms with Crippen LogP contribution < -0.4 is 9.47 Å². The van der Waals surface area contributed by atoms with Gasteiger partial charge < -0.3 is 9.47 Å². The van der Waals surface area contributed by atoms with Crippen LogP contribution in [0, 0.1) is 11.3 Å². The molecule has 1 aliphatic rings. The quantitative estimate of drug-likeness (QED) is 0.226. The van der Waals surface area contributed by atoms with E-state index in [1.165, 1.54) is 13.3 Å². The van der Waals surface area contributed by atoms with Gasteiger partial charge in [-0.3, -0.25) is 9.69 Å². The Morgan fingerprint density at radius 3 is 2.11 bits per heavy atom. The molecule has 0 bridgehead atoms. The van der Waals surface area contributed by atoms with Crippen LogP contribution in [-0.2, 0) is 5.41 Å². The van der Waals surface area contributed by atoms with Gasteiger partial charge in [-0.05, 0) is 75.0 Å². The van der Waals surface area contributed by atoms with Crippen LogP contribution in [0.25, 0.3) is 0 Å². The second-order valence-corrected chi connectivity index (χ2v) is 9.68. The zero-order valence-electron chi connectivity index (χ0n) is 21.9. The number of ether oxygens (including phenoxy) is 2. The van der Waals surface area contributed by atoms with Crippen LogP contribution in [0.15, 0.2) is 78.9 Å². The summed E-state index contributed by atoms with van der Waals surface area (Å²) in [4.78, 5) is 14.3. The average molecular weight is 497 g/mol. The number of carbonyl (C=O) groups is 1. The first-order valence-electron chi connectivity index (χ1n) is 13.2. The van der Waals surface area contributed by atoms with Crippen LogP contribution in [0.2, 0.25) is 0 Å². The van der Waals surface area contributed by atoms with Gasteiger partial charge in [-0.1, -0.05) is 67.1 Å². The molecule has 0 amide bonds. The van der Waals surface area contributed by atoms with Crippen molar-refractivity contribution < 1.29 is 14.3 Å². The van der Waals surface area contributed by atoms with Gasteiger partial charge >= 0.3 is 0 Å². The molecule has 37 heavy (non-hydrogen) atoms. The third-order valence-electron chi connectivity index (χ3n) is 7.42. The number of nitriles is 1. The Labute approximate surface area is 220 Å². The molecule has 0 aromatic heterocycles. The summed E-state index contributed by atoms with van der Waals surface area (Å²) in [5.41, 5.74) is 1.86. The van der Waals surface area contributed by atoms with Gasteiger partial charge in [0.1, 0.15) is 5.41 Å². The van der Waals surface area contributed by atoms with Crippen molar-refractivity contribution in [2.24, 2.45) is 0 Å². The summed E-state index contributed by atoms with van der Waals surface area (Å²) in [6, 6.07) is 28.6. The first-order chi connectivity index (χ1) is 18.1. The number of Topliss-reactive ketones (excluding diaryl/α,β-unsaturated/α-hetero) is 1. The molecule has 4 rings (SSSR count). The number of likely N-dealkylation sites (tertiary alicyclic amines) is 1. The molecule has 1 saturated heterocycles. The summed E-state index contributed by atoms with van der Waals surface area (Å²) < 4.78 is 11.6. The monoisotopic (exact) mass is 496 g/mol. The Hall–Kier alpha value is -3.62. The Kier molecular flexibility index (Phi) is 8.98. The molecule has 1 aliphatic heterocycles. The second-order valence-electron chi connectivity index (χ2n) is 9.68. The zero-order valence-corrected chi connectivity index (χ0v) is 21.9. The number of methoxy groups -OCH3 is 1. The average Bonchev–Trinajstić information content (AvgIpc) is 2.96. The van der Waals surface area contributed by atoms with Gasteiger partial charge in [-0.2, -0.15) is 5.26 Å². The van der Waals surface area contributed by atoms with Crippen molar-refractivity contribution in [1.29, 1.82) is 5.26 Å². The van der Waals surface area contributed by atoms with E-state index in [9.17, 15) is 10.1 Å². The summed E-state index contributed by atoms with van der Waals surface area (Å²) in [5.74, 6) is 1.17. The van der Waals surface area contributed by atoms with Gasteiger partial charge in [-0.15, -0.1) is 0 Å². The third-order valence-corrected chi connectivity index (χ3v) is 7.42. The Morgan fingerprint density at radius 1 is 0.946 bits per heavy atom. The van der Waals surface area contributed by atoms with E-state index >= 15 is 0 Å². The van der Waals surface area contributed by atoms with E-state index < -0.39 is 5.41 Å². The predicted molar refractivity (Wildman–Crippen MR) is 146 cm³/mol. The lowest BCUT2D eigenvalue weighted by Gasteiger charge is -2.44. The molecule has 0 spiro atoms. The van der Waals surface area contributed by atoms with Crippen molar-refractivity contribution >= 4 is 5.78 Å². The molecular weight excluding hydrogens is 460 g/mol. The number of hydrogen-bond acceptors (Lipinski definition) is 5. The molecular formula is C32H36N2O3. The normalized spacial score (nSPS) is 14.9. The van der Waals surface area contributed by atoms with Crippen molar-refractivity contribution in [3.05, 3.63) is 95.6 Å². The van der Waals surface area contributed by atoms with Gasteiger partial charge in [0.2, 0.25) is 0 Å². The molecule has 1 fully saturated rings. The van der Waals surface area contributed by atoms with Gasteiger partial charge in [0, 0.05) is 11.6 Å². The van der Waals surface area contributed by atoms with Gasteiger partial charge in [0.15, 0.2) is 17.3 Å². The van der Waals surface area contributed by atoms with Crippen molar-refractivity contribution in [2.75, 3.05) is 26.8 Å². The Balaban J connectivity index is 1.61. The van der Waals surface area contributed by atoms with E-state index in [4.69, 9.17) is 9.47 Å². The van der Waals surface area contributed by atoms with Crippen LogP contribution >= 0.6 is 0 Å². The molecule has 0 aliphatic carbocycles. The van der Waals surface area contributed by atoms with E-state index in [2.05, 4.69) is 35.2 Å². The number of nitrogens with zero attached hydrogens (tertiary/aromatic N) is 2. The summed E-state index contributed by atoms with van der Waals surface area (Å²) >= 11 is 0. The van der Waals surface area contributed by atoms with Crippen molar-refractivity contribution in [3.8, 4) is 17.6 Å². The first kappa shape index (κ1) is 26.4. The molecule has 5 heteroatoms. The fourth-order valence-corrected chi connectivity index (χ4v) is 5.52. The third kappa shape index (κ3) is 5.87. The minimum atomic E-state index is -0.791. The summed E-state index contributed by atoms with van der Waals surface area (Å²) in [7, 11) is 1.58. The SMILES string of the molecule is COc1cc(C(C)=O)ccc1OCCCC(N1CCCCC1)C(C#N)(c1ccccc1)c1ccccc1. The zero-order chi connectivity index (χ0) is 26.1. The highest BCUT2D eigenvalue weighted by atomic mass is 16.5. The number of benzene rings is 3. The standard InChI is InChI=1S/C32H36N2O3/c1-25(35)26-18-19-29(30(23-26)36-2)37-22-12-17-31(34-20-10-5-11-21-34)32(24-33,27-13-6-3-7-14-27)28-15-8-4-9-16-28/h3-4,6-9,13-16,18-19,23,31H,5,10-12,17,20-22H2,1-2H3. The topological polar surface area (TPSA) is 62.6 Å². The lowest BCUT2D eigenvalue weighted by atomic mass is 9.68. The fourth-order valence-electron chi connectivity index (χ4n) is 5.52. The molecule has 3 aromatic rings. The van der Waals surface area contributed by atoms with Crippen LogP contribution in [0.3, 0.4) is 0 Å². The highest BCUT2D eigenvalue weighted by Gasteiger charge is 2.45. The summed E-state index contributed by atoms with van der Waals surface area (Å²) in [6.45, 7) is 4.02. The number of hydrogen-bond donors (Lipinski definition) is 0. The van der Waals surface area contributed by atoms with E-state index in [1.54, 1.807) is 25.3 Å². The van der Waals surface area contributed by atoms with Crippen LogP contribution in [-0.4, -0.2) is 43.5 Å². The Bertz CT molecular complexity index is 1160. The van der Waals surface area contributed by atoms with Crippen molar-refractivity contribution in [3.63, 3.8) is 0 Å². The van der Waals surface area contributed by atoms with Gasteiger partial charge in [0.25, 0.3) is 0 Å². The molecule has 192 valence electrons. The maximum atomic E-state index is 11.7. The number of carbonyl (C=O) groups excluding carboxylic acids is 1. The lowest BCUT2D eigenvalue weighted by molar-refractivity contribution is 0.101. The minimum absolute atomic E-state index is 0.00758. The fraction of sp³-hybridized carbons (Fsp3) is 0.375. The number of rotatable bonds is 11. The Morgan fingerprint density at radius 2 is 1.57 bits per heavy atom. The van der Waals surface area contributed by atoms with Crippen molar-refractivity contribution in [2.45, 2.75) is 50.5 Å². The summed E-state index contributed by atoms with van der Waals surface area (Å²) in [5, 5.41) is 10.9. The van der Waals surface area contributed by atoms with E-state index in [0.717, 1.165) is 49.9 Å². The minimum Gasteiger partial charge on any atom is -0.493 e. The highest BCUT2D eigenvalue weighted by Crippen LogP contribution is 2.40. The first-order valence-corrected chi connectivity index (χ1v) is 13.2. The molecule has 0 N–H and O–H groups in total.